The van der Waals surface area contributed by atoms with Gasteiger partial charge in [-0.3, -0.25) is 0 Å². The Morgan fingerprint density at radius 2 is 1.68 bits per heavy atom. The van der Waals surface area contributed by atoms with Crippen LogP contribution >= 0.6 is 11.8 Å². The smallest absolute Gasteiger partial charge is 0.101 e. The molecule has 2 aromatic carbocycles. The molecule has 0 N–H and O–H groups in total. The van der Waals surface area contributed by atoms with Gasteiger partial charge in [-0.15, -0.1) is 11.8 Å². The minimum Gasteiger partial charge on any atom is -0.241 e. The number of fused-ring (bicyclic) bond motifs is 2. The summed E-state index contributed by atoms with van der Waals surface area (Å²) in [4.78, 5) is 4.80. The van der Waals surface area contributed by atoms with E-state index in [0.29, 0.717) is 0 Å². The maximum Gasteiger partial charge on any atom is 0.101 e. The van der Waals surface area contributed by atoms with Gasteiger partial charge < -0.3 is 0 Å². The SMILES string of the molecule is c1ccc(-c2c3c(nc4ccccc24)SCC3)cc1. The summed E-state index contributed by atoms with van der Waals surface area (Å²) in [6, 6.07) is 19.2. The molecule has 1 aliphatic rings. The van der Waals surface area contributed by atoms with Crippen molar-refractivity contribution in [2.45, 2.75) is 11.4 Å². The summed E-state index contributed by atoms with van der Waals surface area (Å²) in [5, 5.41) is 2.49. The molecule has 1 aromatic heterocycles. The Hall–Kier alpha value is -1.80. The van der Waals surface area contributed by atoms with Crippen LogP contribution in [0.5, 0.6) is 0 Å². The van der Waals surface area contributed by atoms with Crippen LogP contribution in [-0.2, 0) is 6.42 Å². The first-order chi connectivity index (χ1) is 9.43. The quantitative estimate of drug-likeness (QED) is 0.639. The monoisotopic (exact) mass is 263 g/mol. The van der Waals surface area contributed by atoms with Crippen molar-refractivity contribution in [3.05, 3.63) is 60.2 Å². The lowest BCUT2D eigenvalue weighted by atomic mass is 9.95. The normalized spacial score (nSPS) is 13.7. The molecule has 4 rings (SSSR count). The van der Waals surface area contributed by atoms with Crippen molar-refractivity contribution in [2.24, 2.45) is 0 Å². The average molecular weight is 263 g/mol. The first kappa shape index (κ1) is 11.1. The number of aromatic nitrogens is 1. The van der Waals surface area contributed by atoms with Crippen molar-refractivity contribution in [1.29, 1.82) is 0 Å². The van der Waals surface area contributed by atoms with Crippen molar-refractivity contribution >= 4 is 22.7 Å². The number of hydrogen-bond donors (Lipinski definition) is 0. The summed E-state index contributed by atoms with van der Waals surface area (Å²) in [7, 11) is 0. The zero-order valence-corrected chi connectivity index (χ0v) is 11.3. The summed E-state index contributed by atoms with van der Waals surface area (Å²) in [5.74, 6) is 1.15. The molecule has 0 radical (unpaired) electrons. The van der Waals surface area contributed by atoms with E-state index in [0.717, 1.165) is 17.7 Å². The summed E-state index contributed by atoms with van der Waals surface area (Å²) in [6.45, 7) is 0. The van der Waals surface area contributed by atoms with Gasteiger partial charge in [0.1, 0.15) is 5.03 Å². The highest BCUT2D eigenvalue weighted by atomic mass is 32.2. The molecule has 92 valence electrons. The highest BCUT2D eigenvalue weighted by Crippen LogP contribution is 2.40. The molecule has 0 bridgehead atoms. The second kappa shape index (κ2) is 4.39. The molecule has 1 aliphatic heterocycles. The maximum absolute atomic E-state index is 4.80. The molecule has 2 heterocycles. The summed E-state index contributed by atoms with van der Waals surface area (Å²) in [6.07, 6.45) is 1.13. The molecule has 0 aliphatic carbocycles. The van der Waals surface area contributed by atoms with Crippen LogP contribution in [0.2, 0.25) is 0 Å². The highest BCUT2D eigenvalue weighted by Gasteiger charge is 2.20. The van der Waals surface area contributed by atoms with E-state index in [1.165, 1.54) is 27.1 Å². The fourth-order valence-corrected chi connectivity index (χ4v) is 3.81. The lowest BCUT2D eigenvalue weighted by Gasteiger charge is -2.12. The Labute approximate surface area is 116 Å². The Kier molecular flexibility index (Phi) is 2.56. The van der Waals surface area contributed by atoms with E-state index in [1.54, 1.807) is 0 Å². The van der Waals surface area contributed by atoms with E-state index in [9.17, 15) is 0 Å². The van der Waals surface area contributed by atoms with Crippen molar-refractivity contribution in [3.8, 4) is 11.1 Å². The Morgan fingerprint density at radius 1 is 0.895 bits per heavy atom. The zero-order valence-electron chi connectivity index (χ0n) is 10.5. The topological polar surface area (TPSA) is 12.9 Å². The number of hydrogen-bond acceptors (Lipinski definition) is 2. The Morgan fingerprint density at radius 3 is 2.58 bits per heavy atom. The summed E-state index contributed by atoms with van der Waals surface area (Å²) >= 11 is 1.88. The molecule has 19 heavy (non-hydrogen) atoms. The van der Waals surface area contributed by atoms with Crippen LogP contribution in [0.15, 0.2) is 59.6 Å². The van der Waals surface area contributed by atoms with Crippen molar-refractivity contribution in [3.63, 3.8) is 0 Å². The fourth-order valence-electron chi connectivity index (χ4n) is 2.76. The molecule has 2 heteroatoms. The Bertz CT molecular complexity index is 750. The van der Waals surface area contributed by atoms with E-state index >= 15 is 0 Å². The van der Waals surface area contributed by atoms with Gasteiger partial charge in [0.25, 0.3) is 0 Å². The second-order valence-corrected chi connectivity index (χ2v) is 5.84. The van der Waals surface area contributed by atoms with Gasteiger partial charge in [-0.2, -0.15) is 0 Å². The number of thioether (sulfide) groups is 1. The van der Waals surface area contributed by atoms with Crippen LogP contribution in [0, 0.1) is 0 Å². The molecule has 0 atom stereocenters. The number of nitrogens with zero attached hydrogens (tertiary/aromatic N) is 1. The molecule has 0 spiro atoms. The summed E-state index contributed by atoms with van der Waals surface area (Å²) < 4.78 is 0. The lowest BCUT2D eigenvalue weighted by molar-refractivity contribution is 1.08. The fraction of sp³-hybridized carbons (Fsp3) is 0.118. The molecule has 0 saturated heterocycles. The molecular weight excluding hydrogens is 250 g/mol. The highest BCUT2D eigenvalue weighted by molar-refractivity contribution is 7.99. The van der Waals surface area contributed by atoms with E-state index in [2.05, 4.69) is 54.6 Å². The predicted octanol–water partition coefficient (Wildman–Crippen LogP) is 4.55. The van der Waals surface area contributed by atoms with Gasteiger partial charge >= 0.3 is 0 Å². The van der Waals surface area contributed by atoms with Gasteiger partial charge in [0.2, 0.25) is 0 Å². The maximum atomic E-state index is 4.80. The third-order valence-electron chi connectivity index (χ3n) is 3.61. The van der Waals surface area contributed by atoms with Crippen LogP contribution in [0.1, 0.15) is 5.56 Å². The molecule has 1 nitrogen and oxygen atoms in total. The number of benzene rings is 2. The minimum absolute atomic E-state index is 1.11. The van der Waals surface area contributed by atoms with Gasteiger partial charge in [-0.25, -0.2) is 4.98 Å². The molecule has 0 fully saturated rings. The second-order valence-electron chi connectivity index (χ2n) is 4.75. The van der Waals surface area contributed by atoms with Crippen LogP contribution in [0.25, 0.3) is 22.0 Å². The Balaban J connectivity index is 2.13. The van der Waals surface area contributed by atoms with Gasteiger partial charge in [-0.05, 0) is 29.2 Å². The van der Waals surface area contributed by atoms with Gasteiger partial charge in [-0.1, -0.05) is 48.5 Å². The van der Waals surface area contributed by atoms with Crippen LogP contribution < -0.4 is 0 Å². The minimum atomic E-state index is 1.11. The lowest BCUT2D eigenvalue weighted by Crippen LogP contribution is -1.93. The average Bonchev–Trinajstić information content (AvgIpc) is 2.93. The van der Waals surface area contributed by atoms with Crippen molar-refractivity contribution < 1.29 is 0 Å². The number of rotatable bonds is 1. The van der Waals surface area contributed by atoms with E-state index < -0.39 is 0 Å². The molecule has 0 saturated carbocycles. The molecular formula is C17H13NS. The van der Waals surface area contributed by atoms with Crippen molar-refractivity contribution in [2.75, 3.05) is 5.75 Å². The molecule has 0 amide bonds. The molecule has 0 unspecified atom stereocenters. The summed E-state index contributed by atoms with van der Waals surface area (Å²) in [5.41, 5.74) is 5.22. The first-order valence-corrected chi connectivity index (χ1v) is 7.52. The van der Waals surface area contributed by atoms with Gasteiger partial charge in [0, 0.05) is 11.1 Å². The third kappa shape index (κ3) is 1.75. The first-order valence-electron chi connectivity index (χ1n) is 6.53. The van der Waals surface area contributed by atoms with Gasteiger partial charge in [0.05, 0.1) is 5.52 Å². The van der Waals surface area contributed by atoms with E-state index in [4.69, 9.17) is 4.98 Å². The number of para-hydroxylation sites is 1. The predicted molar refractivity (Wildman–Crippen MR) is 81.6 cm³/mol. The number of pyridine rings is 1. The van der Waals surface area contributed by atoms with Crippen LogP contribution in [0.4, 0.5) is 0 Å². The van der Waals surface area contributed by atoms with Crippen LogP contribution in [0.3, 0.4) is 0 Å². The van der Waals surface area contributed by atoms with E-state index in [1.807, 2.05) is 11.8 Å². The zero-order chi connectivity index (χ0) is 12.7. The van der Waals surface area contributed by atoms with Crippen molar-refractivity contribution in [1.82, 2.24) is 4.98 Å². The van der Waals surface area contributed by atoms with Crippen LogP contribution in [-0.4, -0.2) is 10.7 Å². The van der Waals surface area contributed by atoms with E-state index in [-0.39, 0.29) is 0 Å². The third-order valence-corrected chi connectivity index (χ3v) is 4.63. The van der Waals surface area contributed by atoms with Gasteiger partial charge in [0.15, 0.2) is 0 Å². The standard InChI is InChI=1S/C17H13NS/c1-2-6-12(7-3-1)16-13-8-4-5-9-15(13)18-17-14(16)10-11-19-17/h1-9H,10-11H2. The molecule has 3 aromatic rings. The largest absolute Gasteiger partial charge is 0.241 e.